The highest BCUT2D eigenvalue weighted by Gasteiger charge is 2.50. The van der Waals surface area contributed by atoms with Crippen LogP contribution in [-0.2, 0) is 14.2 Å². The predicted octanol–water partition coefficient (Wildman–Crippen LogP) is -2.96. The maximum atomic E-state index is 10.2. The molecule has 0 radical (unpaired) electrons. The van der Waals surface area contributed by atoms with Gasteiger partial charge in [-0.25, -0.2) is 0 Å². The lowest BCUT2D eigenvalue weighted by atomic mass is 9.99. The van der Waals surface area contributed by atoms with Crippen molar-refractivity contribution in [1.82, 2.24) is 0 Å². The van der Waals surface area contributed by atoms with E-state index < -0.39 is 61.9 Å². The molecular weight excluding hydrogens is 408 g/mol. The Labute approximate surface area is 171 Å². The lowest BCUT2D eigenvalue weighted by Crippen LogP contribution is -2.60. The third kappa shape index (κ3) is 4.46. The van der Waals surface area contributed by atoms with Gasteiger partial charge in [-0.05, 0) is 12.1 Å². The van der Waals surface area contributed by atoms with Gasteiger partial charge >= 0.3 is 0 Å². The molecule has 0 aromatic heterocycles. The van der Waals surface area contributed by atoms with E-state index >= 15 is 0 Å². The van der Waals surface area contributed by atoms with Gasteiger partial charge in [0, 0.05) is 6.07 Å². The Morgan fingerprint density at radius 3 is 2.43 bits per heavy atom. The van der Waals surface area contributed by atoms with Gasteiger partial charge in [-0.3, -0.25) is 0 Å². The van der Waals surface area contributed by atoms with Gasteiger partial charge in [0.05, 0.1) is 26.9 Å². The summed E-state index contributed by atoms with van der Waals surface area (Å²) in [6.07, 6.45) is -10.3. The molecule has 1 aromatic carbocycles. The van der Waals surface area contributed by atoms with Crippen molar-refractivity contribution in [3.05, 3.63) is 18.2 Å². The molecule has 1 aromatic rings. The van der Waals surface area contributed by atoms with Gasteiger partial charge in [-0.1, -0.05) is 0 Å². The highest BCUT2D eigenvalue weighted by molar-refractivity contribution is 5.45. The van der Waals surface area contributed by atoms with Crippen molar-refractivity contribution in [3.8, 4) is 17.2 Å². The number of phenols is 1. The summed E-state index contributed by atoms with van der Waals surface area (Å²) in [5, 5.41) is 69.2. The number of ether oxygens (including phenoxy) is 5. The number of hydrogen-bond donors (Lipinski definition) is 7. The van der Waals surface area contributed by atoms with Crippen molar-refractivity contribution < 1.29 is 59.4 Å². The second kappa shape index (κ2) is 9.18. The molecule has 0 spiro atoms. The fourth-order valence-electron chi connectivity index (χ4n) is 3.15. The van der Waals surface area contributed by atoms with E-state index in [9.17, 15) is 30.6 Å². The summed E-state index contributed by atoms with van der Waals surface area (Å²) in [6.45, 7) is -1.51. The molecule has 0 bridgehead atoms. The third-order valence-electron chi connectivity index (χ3n) is 5.06. The fraction of sp³-hybridized carbons (Fsp3) is 0.667. The largest absolute Gasteiger partial charge is 0.508 e. The first-order valence-corrected chi connectivity index (χ1v) is 9.18. The van der Waals surface area contributed by atoms with Crippen molar-refractivity contribution >= 4 is 0 Å². The van der Waals surface area contributed by atoms with Crippen LogP contribution in [0.3, 0.4) is 0 Å². The summed E-state index contributed by atoms with van der Waals surface area (Å²) in [6, 6.07) is 3.96. The molecule has 170 valence electrons. The van der Waals surface area contributed by atoms with Crippen LogP contribution in [0.4, 0.5) is 0 Å². The summed E-state index contributed by atoms with van der Waals surface area (Å²) >= 11 is 0. The molecule has 0 aliphatic carbocycles. The monoisotopic (exact) mass is 434 g/mol. The summed E-state index contributed by atoms with van der Waals surface area (Å²) in [4.78, 5) is 0. The average molecular weight is 434 g/mol. The van der Waals surface area contributed by atoms with Crippen LogP contribution in [0.25, 0.3) is 0 Å². The maximum Gasteiger partial charge on any atom is 0.229 e. The zero-order chi connectivity index (χ0) is 22.1. The first-order valence-electron chi connectivity index (χ1n) is 9.18. The van der Waals surface area contributed by atoms with Crippen molar-refractivity contribution in [1.29, 1.82) is 0 Å². The van der Waals surface area contributed by atoms with Gasteiger partial charge in [-0.15, -0.1) is 0 Å². The zero-order valence-corrected chi connectivity index (χ0v) is 16.1. The van der Waals surface area contributed by atoms with Crippen LogP contribution in [0.1, 0.15) is 0 Å². The molecule has 2 aliphatic heterocycles. The topological polar surface area (TPSA) is 188 Å². The summed E-state index contributed by atoms with van der Waals surface area (Å²) < 4.78 is 26.6. The lowest BCUT2D eigenvalue weighted by molar-refractivity contribution is -0.289. The van der Waals surface area contributed by atoms with E-state index in [1.165, 1.54) is 25.3 Å². The van der Waals surface area contributed by atoms with E-state index in [0.29, 0.717) is 0 Å². The molecule has 7 N–H and O–H groups in total. The molecule has 12 heteroatoms. The van der Waals surface area contributed by atoms with Gasteiger partial charge < -0.3 is 59.4 Å². The first-order chi connectivity index (χ1) is 14.2. The molecule has 2 saturated heterocycles. The smallest absolute Gasteiger partial charge is 0.229 e. The van der Waals surface area contributed by atoms with Crippen LogP contribution in [0, 0.1) is 0 Å². The summed E-state index contributed by atoms with van der Waals surface area (Å²) in [7, 11) is 1.34. The second-order valence-corrected chi connectivity index (χ2v) is 7.19. The van der Waals surface area contributed by atoms with E-state index in [2.05, 4.69) is 0 Å². The highest BCUT2D eigenvalue weighted by Crippen LogP contribution is 2.34. The first kappa shape index (κ1) is 22.9. The quantitative estimate of drug-likeness (QED) is 0.231. The SMILES string of the molecule is COc1cc(O)ccc1OC1OC(COC2OCC(O)(CO)C2O)C(O)C(O)C1O. The second-order valence-electron chi connectivity index (χ2n) is 7.19. The van der Waals surface area contributed by atoms with E-state index in [-0.39, 0.29) is 23.9 Å². The Balaban J connectivity index is 1.66. The number of benzene rings is 1. The number of phenolic OH excluding ortho intramolecular Hbond substituents is 1. The molecule has 2 aliphatic rings. The Morgan fingerprint density at radius 1 is 1.07 bits per heavy atom. The number of aliphatic hydroxyl groups is 6. The molecule has 12 nitrogen and oxygen atoms in total. The van der Waals surface area contributed by atoms with E-state index in [1.54, 1.807) is 0 Å². The fourth-order valence-corrected chi connectivity index (χ4v) is 3.15. The maximum absolute atomic E-state index is 10.2. The number of methoxy groups -OCH3 is 1. The van der Waals surface area contributed by atoms with E-state index in [0.717, 1.165) is 0 Å². The molecule has 30 heavy (non-hydrogen) atoms. The van der Waals surface area contributed by atoms with Gasteiger partial charge in [0.1, 0.15) is 41.9 Å². The normalized spacial score (nSPS) is 39.1. The molecule has 2 fully saturated rings. The van der Waals surface area contributed by atoms with Gasteiger partial charge in [0.2, 0.25) is 6.29 Å². The van der Waals surface area contributed by atoms with Crippen LogP contribution in [-0.4, -0.2) is 111 Å². The molecule has 3 rings (SSSR count). The minimum absolute atomic E-state index is 0.0796. The number of aliphatic hydroxyl groups excluding tert-OH is 5. The average Bonchev–Trinajstić information content (AvgIpc) is 3.03. The highest BCUT2D eigenvalue weighted by atomic mass is 16.7. The predicted molar refractivity (Wildman–Crippen MR) is 95.7 cm³/mol. The van der Waals surface area contributed by atoms with Crippen molar-refractivity contribution in [2.75, 3.05) is 26.9 Å². The van der Waals surface area contributed by atoms with Crippen LogP contribution in [0.2, 0.25) is 0 Å². The van der Waals surface area contributed by atoms with Gasteiger partial charge in [0.25, 0.3) is 0 Å². The van der Waals surface area contributed by atoms with Gasteiger partial charge in [-0.2, -0.15) is 0 Å². The zero-order valence-electron chi connectivity index (χ0n) is 16.1. The van der Waals surface area contributed by atoms with E-state index in [1.807, 2.05) is 0 Å². The van der Waals surface area contributed by atoms with Gasteiger partial charge in [0.15, 0.2) is 17.8 Å². The standard InChI is InChI=1S/C18H26O12/c1-26-10-4-8(20)2-3-9(10)29-16-14(23)13(22)12(21)11(30-16)5-27-17-15(24)18(25,6-19)7-28-17/h2-4,11-17,19-25H,5-7H2,1H3. The van der Waals surface area contributed by atoms with Crippen LogP contribution >= 0.6 is 0 Å². The molecular formula is C18H26O12. The molecule has 0 amide bonds. The van der Waals surface area contributed by atoms with Crippen LogP contribution < -0.4 is 9.47 Å². The van der Waals surface area contributed by atoms with Crippen molar-refractivity contribution in [2.24, 2.45) is 0 Å². The molecule has 8 atom stereocenters. The summed E-state index contributed by atoms with van der Waals surface area (Å²) in [5.74, 6) is 0.166. The number of hydrogen-bond acceptors (Lipinski definition) is 12. The van der Waals surface area contributed by atoms with Crippen molar-refractivity contribution in [3.63, 3.8) is 0 Å². The minimum atomic E-state index is -1.88. The molecule has 8 unspecified atom stereocenters. The lowest BCUT2D eigenvalue weighted by Gasteiger charge is -2.40. The molecule has 2 heterocycles. The summed E-state index contributed by atoms with van der Waals surface area (Å²) in [5.41, 5.74) is -1.88. The van der Waals surface area contributed by atoms with Crippen LogP contribution in [0.15, 0.2) is 18.2 Å². The Morgan fingerprint density at radius 2 is 1.80 bits per heavy atom. The Hall–Kier alpha value is -1.74. The third-order valence-corrected chi connectivity index (χ3v) is 5.06. The molecule has 0 saturated carbocycles. The van der Waals surface area contributed by atoms with Crippen LogP contribution in [0.5, 0.6) is 17.2 Å². The number of aromatic hydroxyl groups is 1. The van der Waals surface area contributed by atoms with E-state index in [4.69, 9.17) is 28.8 Å². The minimum Gasteiger partial charge on any atom is -0.508 e. The number of rotatable bonds is 7. The van der Waals surface area contributed by atoms with Crippen molar-refractivity contribution in [2.45, 2.75) is 48.7 Å². The Bertz CT molecular complexity index is 716. The Kier molecular flexibility index (Phi) is 7.02.